The summed E-state index contributed by atoms with van der Waals surface area (Å²) in [7, 11) is 0. The van der Waals surface area contributed by atoms with Crippen LogP contribution in [0.4, 0.5) is 5.69 Å². The van der Waals surface area contributed by atoms with Gasteiger partial charge in [0, 0.05) is 23.2 Å². The molecule has 0 radical (unpaired) electrons. The average Bonchev–Trinajstić information content (AvgIpc) is 2.90. The molecule has 3 aromatic carbocycles. The van der Waals surface area contributed by atoms with Gasteiger partial charge in [-0.25, -0.2) is 0 Å². The molecule has 35 heavy (non-hydrogen) atoms. The monoisotopic (exact) mass is 473 g/mol. The molecule has 0 unspecified atom stereocenters. The van der Waals surface area contributed by atoms with Crippen LogP contribution in [0, 0.1) is 0 Å². The van der Waals surface area contributed by atoms with Crippen LogP contribution in [-0.4, -0.2) is 30.3 Å². The molecule has 180 valence electrons. The summed E-state index contributed by atoms with van der Waals surface area (Å²) >= 11 is 0. The summed E-state index contributed by atoms with van der Waals surface area (Å²) in [6.07, 6.45) is 1.32. The van der Waals surface area contributed by atoms with Gasteiger partial charge in [-0.15, -0.1) is 0 Å². The number of hydrogen-bond donors (Lipinski definition) is 3. The van der Waals surface area contributed by atoms with Crippen molar-refractivity contribution in [3.63, 3.8) is 0 Å². The maximum absolute atomic E-state index is 12.2. The molecule has 0 spiro atoms. The highest BCUT2D eigenvalue weighted by molar-refractivity contribution is 6.04. The predicted molar refractivity (Wildman–Crippen MR) is 131 cm³/mol. The van der Waals surface area contributed by atoms with Gasteiger partial charge >= 0.3 is 5.97 Å². The first-order valence-electron chi connectivity index (χ1n) is 11.3. The molecular formula is C27H27N3O5. The van der Waals surface area contributed by atoms with Gasteiger partial charge in [0.05, 0.1) is 13.0 Å². The first kappa shape index (κ1) is 25.2. The molecule has 0 bridgehead atoms. The lowest BCUT2D eigenvalue weighted by molar-refractivity contribution is -0.145. The van der Waals surface area contributed by atoms with Crippen LogP contribution >= 0.6 is 0 Å². The molecule has 3 rings (SSSR count). The Morgan fingerprint density at radius 3 is 1.97 bits per heavy atom. The van der Waals surface area contributed by atoms with Crippen molar-refractivity contribution < 1.29 is 23.9 Å². The van der Waals surface area contributed by atoms with Crippen LogP contribution in [0.5, 0.6) is 0 Å². The van der Waals surface area contributed by atoms with E-state index in [1.807, 2.05) is 36.4 Å². The van der Waals surface area contributed by atoms with Crippen molar-refractivity contribution >= 4 is 29.4 Å². The van der Waals surface area contributed by atoms with E-state index in [0.29, 0.717) is 23.2 Å². The Morgan fingerprint density at radius 2 is 1.29 bits per heavy atom. The molecule has 0 saturated heterocycles. The third kappa shape index (κ3) is 8.77. The van der Waals surface area contributed by atoms with Crippen LogP contribution in [0.1, 0.15) is 45.5 Å². The van der Waals surface area contributed by atoms with Gasteiger partial charge < -0.3 is 10.1 Å². The third-order valence-corrected chi connectivity index (χ3v) is 5.03. The molecule has 0 aliphatic rings. The van der Waals surface area contributed by atoms with E-state index in [1.54, 1.807) is 36.4 Å². The lowest BCUT2D eigenvalue weighted by atomic mass is 10.1. The van der Waals surface area contributed by atoms with Crippen molar-refractivity contribution in [2.45, 2.75) is 25.7 Å². The minimum absolute atomic E-state index is 0.0805. The number of carbonyl (C=O) groups is 4. The zero-order valence-electron chi connectivity index (χ0n) is 19.2. The first-order valence-corrected chi connectivity index (χ1v) is 11.3. The molecule has 3 amide bonds. The maximum atomic E-state index is 12.2. The second-order valence-electron chi connectivity index (χ2n) is 7.71. The van der Waals surface area contributed by atoms with Crippen molar-refractivity contribution in [2.75, 3.05) is 11.9 Å². The summed E-state index contributed by atoms with van der Waals surface area (Å²) in [5.74, 6) is -1.76. The minimum Gasteiger partial charge on any atom is -0.466 e. The zero-order chi connectivity index (χ0) is 24.9. The zero-order valence-corrected chi connectivity index (χ0v) is 19.2. The fourth-order valence-corrected chi connectivity index (χ4v) is 3.15. The van der Waals surface area contributed by atoms with Gasteiger partial charge in [-0.2, -0.15) is 0 Å². The molecule has 3 aromatic rings. The number of ether oxygens (including phenoxy) is 1. The molecule has 0 aliphatic carbocycles. The van der Waals surface area contributed by atoms with Crippen molar-refractivity contribution in [3.05, 3.63) is 102 Å². The standard InChI is InChI=1S/C27H27N3O5/c31-24(17-18-25(32)35-19-7-10-20-8-3-1-4-9-20)29-30-27(34)22-13-15-23(16-14-22)28-26(33)21-11-5-2-6-12-21/h1-6,8-9,11-16H,7,10,17-19H2,(H,28,33)(H,29,31)(H,30,34). The number of amides is 3. The van der Waals surface area contributed by atoms with Gasteiger partial charge in [-0.05, 0) is 54.8 Å². The maximum Gasteiger partial charge on any atom is 0.306 e. The number of benzene rings is 3. The molecule has 8 nitrogen and oxygen atoms in total. The highest BCUT2D eigenvalue weighted by Crippen LogP contribution is 2.11. The van der Waals surface area contributed by atoms with Gasteiger partial charge in [-0.1, -0.05) is 48.5 Å². The first-order chi connectivity index (χ1) is 17.0. The van der Waals surface area contributed by atoms with Gasteiger partial charge in [0.15, 0.2) is 0 Å². The van der Waals surface area contributed by atoms with E-state index in [1.165, 1.54) is 17.7 Å². The largest absolute Gasteiger partial charge is 0.466 e. The average molecular weight is 474 g/mol. The quantitative estimate of drug-likeness (QED) is 0.236. The summed E-state index contributed by atoms with van der Waals surface area (Å²) in [5, 5.41) is 2.74. The fraction of sp³-hybridized carbons (Fsp3) is 0.185. The van der Waals surface area contributed by atoms with Gasteiger partial charge in [0.25, 0.3) is 11.8 Å². The van der Waals surface area contributed by atoms with Crippen molar-refractivity contribution in [3.8, 4) is 0 Å². The molecule has 3 N–H and O–H groups in total. The van der Waals surface area contributed by atoms with E-state index in [-0.39, 0.29) is 25.4 Å². The SMILES string of the molecule is O=C(CCC(=O)OCCCc1ccccc1)NNC(=O)c1ccc(NC(=O)c2ccccc2)cc1. The molecule has 0 heterocycles. The Morgan fingerprint density at radius 1 is 0.657 bits per heavy atom. The normalized spacial score (nSPS) is 10.2. The van der Waals surface area contributed by atoms with Gasteiger partial charge in [0.2, 0.25) is 5.91 Å². The lowest BCUT2D eigenvalue weighted by Crippen LogP contribution is -2.41. The highest BCUT2D eigenvalue weighted by atomic mass is 16.5. The Hall–Kier alpha value is -4.46. The van der Waals surface area contributed by atoms with E-state index < -0.39 is 17.8 Å². The Labute approximate surface area is 203 Å². The number of hydrazine groups is 1. The van der Waals surface area contributed by atoms with Crippen molar-refractivity contribution in [1.29, 1.82) is 0 Å². The molecule has 8 heteroatoms. The smallest absolute Gasteiger partial charge is 0.306 e. The van der Waals surface area contributed by atoms with Crippen LogP contribution < -0.4 is 16.2 Å². The minimum atomic E-state index is -0.525. The second-order valence-corrected chi connectivity index (χ2v) is 7.71. The summed E-state index contributed by atoms with van der Waals surface area (Å²) in [5.41, 5.74) is 7.09. The third-order valence-electron chi connectivity index (χ3n) is 5.03. The van der Waals surface area contributed by atoms with Crippen LogP contribution in [0.25, 0.3) is 0 Å². The Bertz CT molecular complexity index is 1130. The second kappa shape index (κ2) is 13.3. The molecule has 0 saturated carbocycles. The lowest BCUT2D eigenvalue weighted by Gasteiger charge is -2.09. The summed E-state index contributed by atoms with van der Waals surface area (Å²) in [4.78, 5) is 48.1. The number of anilines is 1. The van der Waals surface area contributed by atoms with E-state index in [0.717, 1.165) is 6.42 Å². The van der Waals surface area contributed by atoms with Crippen LogP contribution in [0.2, 0.25) is 0 Å². The summed E-state index contributed by atoms with van der Waals surface area (Å²) in [6, 6.07) is 24.9. The van der Waals surface area contributed by atoms with Crippen LogP contribution in [-0.2, 0) is 20.7 Å². The number of rotatable bonds is 10. The van der Waals surface area contributed by atoms with E-state index in [9.17, 15) is 19.2 Å². The molecule has 0 aromatic heterocycles. The predicted octanol–water partition coefficient (Wildman–Crippen LogP) is 3.66. The summed E-state index contributed by atoms with van der Waals surface area (Å²) < 4.78 is 5.14. The highest BCUT2D eigenvalue weighted by Gasteiger charge is 2.11. The fourth-order valence-electron chi connectivity index (χ4n) is 3.15. The number of nitrogens with one attached hydrogen (secondary N) is 3. The van der Waals surface area contributed by atoms with E-state index in [4.69, 9.17) is 4.74 Å². The summed E-state index contributed by atoms with van der Waals surface area (Å²) in [6.45, 7) is 0.286. The Kier molecular flexibility index (Phi) is 9.56. The molecular weight excluding hydrogens is 446 g/mol. The van der Waals surface area contributed by atoms with Crippen LogP contribution in [0.3, 0.4) is 0 Å². The number of esters is 1. The van der Waals surface area contributed by atoms with E-state index in [2.05, 4.69) is 16.2 Å². The van der Waals surface area contributed by atoms with Crippen LogP contribution in [0.15, 0.2) is 84.9 Å². The van der Waals surface area contributed by atoms with Crippen molar-refractivity contribution in [1.82, 2.24) is 10.9 Å². The number of hydrogen-bond acceptors (Lipinski definition) is 5. The Balaban J connectivity index is 1.31. The molecule has 0 fully saturated rings. The van der Waals surface area contributed by atoms with E-state index >= 15 is 0 Å². The number of aryl methyl sites for hydroxylation is 1. The topological polar surface area (TPSA) is 114 Å². The molecule has 0 aliphatic heterocycles. The van der Waals surface area contributed by atoms with Gasteiger partial charge in [-0.3, -0.25) is 30.0 Å². The molecule has 0 atom stereocenters. The number of carbonyl (C=O) groups excluding carboxylic acids is 4. The van der Waals surface area contributed by atoms with Crippen molar-refractivity contribution in [2.24, 2.45) is 0 Å². The van der Waals surface area contributed by atoms with Gasteiger partial charge in [0.1, 0.15) is 0 Å².